The summed E-state index contributed by atoms with van der Waals surface area (Å²) in [5, 5.41) is 3.06. The van der Waals surface area contributed by atoms with Crippen LogP contribution in [0.3, 0.4) is 0 Å². The maximum Gasteiger partial charge on any atom is 0.339 e. The maximum absolute atomic E-state index is 12.8. The number of aryl methyl sites for hydroxylation is 1. The molecule has 1 N–H and O–H groups in total. The molecule has 3 aromatic rings. The number of hydrogen-bond donors (Lipinski definition) is 1. The molecule has 0 aliphatic carbocycles. The molecule has 0 bridgehead atoms. The van der Waals surface area contributed by atoms with Gasteiger partial charge in [-0.15, -0.1) is 0 Å². The number of hydrogen-bond acceptors (Lipinski definition) is 3. The molecule has 2 heterocycles. The average Bonchev–Trinajstić information content (AvgIpc) is 3.06. The van der Waals surface area contributed by atoms with Crippen LogP contribution in [-0.4, -0.2) is 15.7 Å². The topological polar surface area (TPSA) is 64.1 Å². The average molecular weight is 306 g/mol. The van der Waals surface area contributed by atoms with Gasteiger partial charge in [-0.3, -0.25) is 9.89 Å². The second-order valence-electron chi connectivity index (χ2n) is 5.50. The van der Waals surface area contributed by atoms with Crippen molar-refractivity contribution in [3.63, 3.8) is 0 Å². The standard InChI is InChI=1S/C18H14N2O3/c1-11-15(16-13-9-5-6-10-14(13)18(22)23-16)17(21)20(19-11)12-7-3-2-4-8-12/h2-10,16,19H,1H3/t16-/m0/s1. The van der Waals surface area contributed by atoms with Crippen LogP contribution in [0, 0.1) is 6.92 Å². The van der Waals surface area contributed by atoms with Crippen molar-refractivity contribution in [3.8, 4) is 5.69 Å². The molecule has 1 aromatic heterocycles. The molecule has 114 valence electrons. The van der Waals surface area contributed by atoms with Crippen LogP contribution in [0.2, 0.25) is 0 Å². The fraction of sp³-hybridized carbons (Fsp3) is 0.111. The molecule has 0 unspecified atom stereocenters. The molecule has 5 nitrogen and oxygen atoms in total. The Morgan fingerprint density at radius 1 is 1.00 bits per heavy atom. The fourth-order valence-corrected chi connectivity index (χ4v) is 2.99. The number of nitrogens with one attached hydrogen (secondary N) is 1. The van der Waals surface area contributed by atoms with Crippen LogP contribution in [0.4, 0.5) is 0 Å². The molecule has 0 radical (unpaired) electrons. The first-order valence-electron chi connectivity index (χ1n) is 7.33. The molecule has 0 spiro atoms. The van der Waals surface area contributed by atoms with Gasteiger partial charge in [-0.05, 0) is 25.1 Å². The van der Waals surface area contributed by atoms with Crippen molar-refractivity contribution in [1.29, 1.82) is 0 Å². The van der Waals surface area contributed by atoms with Crippen molar-refractivity contribution in [3.05, 3.63) is 87.3 Å². The summed E-state index contributed by atoms with van der Waals surface area (Å²) in [6, 6.07) is 16.5. The zero-order valence-electron chi connectivity index (χ0n) is 12.4. The van der Waals surface area contributed by atoms with Crippen LogP contribution in [-0.2, 0) is 4.74 Å². The number of carbonyl (C=O) groups excluding carboxylic acids is 1. The molecule has 1 aliphatic rings. The second kappa shape index (κ2) is 4.98. The van der Waals surface area contributed by atoms with Crippen molar-refractivity contribution in [2.24, 2.45) is 0 Å². The minimum atomic E-state index is -0.660. The largest absolute Gasteiger partial charge is 0.449 e. The number of aromatic amines is 1. The van der Waals surface area contributed by atoms with E-state index in [1.54, 1.807) is 12.1 Å². The molecular weight excluding hydrogens is 292 g/mol. The van der Waals surface area contributed by atoms with Crippen LogP contribution in [0.5, 0.6) is 0 Å². The molecule has 23 heavy (non-hydrogen) atoms. The highest BCUT2D eigenvalue weighted by atomic mass is 16.5. The Kier molecular flexibility index (Phi) is 2.94. The Labute approximate surface area is 132 Å². The van der Waals surface area contributed by atoms with E-state index in [1.165, 1.54) is 4.68 Å². The van der Waals surface area contributed by atoms with Gasteiger partial charge in [0.2, 0.25) is 0 Å². The quantitative estimate of drug-likeness (QED) is 0.740. The maximum atomic E-state index is 12.8. The van der Waals surface area contributed by atoms with Gasteiger partial charge >= 0.3 is 5.97 Å². The van der Waals surface area contributed by atoms with Crippen molar-refractivity contribution >= 4 is 5.97 Å². The highest BCUT2D eigenvalue weighted by molar-refractivity contribution is 5.94. The monoisotopic (exact) mass is 306 g/mol. The van der Waals surface area contributed by atoms with Gasteiger partial charge in [-0.25, -0.2) is 9.48 Å². The molecule has 0 saturated carbocycles. The third-order valence-corrected chi connectivity index (χ3v) is 4.08. The van der Waals surface area contributed by atoms with Crippen LogP contribution in [0.15, 0.2) is 59.4 Å². The molecule has 1 atom stereocenters. The number of esters is 1. The summed E-state index contributed by atoms with van der Waals surface area (Å²) in [5.41, 5.74) is 2.94. The van der Waals surface area contributed by atoms with E-state index in [9.17, 15) is 9.59 Å². The third-order valence-electron chi connectivity index (χ3n) is 4.08. The molecule has 5 heteroatoms. The van der Waals surface area contributed by atoms with E-state index < -0.39 is 12.1 Å². The summed E-state index contributed by atoms with van der Waals surface area (Å²) in [7, 11) is 0. The van der Waals surface area contributed by atoms with E-state index in [-0.39, 0.29) is 5.56 Å². The summed E-state index contributed by atoms with van der Waals surface area (Å²) in [5.74, 6) is -0.392. The first-order chi connectivity index (χ1) is 11.2. The van der Waals surface area contributed by atoms with Gasteiger partial charge in [-0.2, -0.15) is 0 Å². The molecule has 0 fully saturated rings. The lowest BCUT2D eigenvalue weighted by Gasteiger charge is -2.08. The van der Waals surface area contributed by atoms with E-state index in [0.29, 0.717) is 16.8 Å². The van der Waals surface area contributed by atoms with Crippen LogP contribution in [0.1, 0.15) is 33.3 Å². The zero-order valence-corrected chi connectivity index (χ0v) is 12.4. The fourth-order valence-electron chi connectivity index (χ4n) is 2.99. The number of ether oxygens (including phenoxy) is 1. The molecule has 4 rings (SSSR count). The van der Waals surface area contributed by atoms with Gasteiger partial charge in [0.1, 0.15) is 0 Å². The van der Waals surface area contributed by atoms with E-state index in [0.717, 1.165) is 11.3 Å². The van der Waals surface area contributed by atoms with Gasteiger partial charge in [0, 0.05) is 11.3 Å². The number of aromatic nitrogens is 2. The van der Waals surface area contributed by atoms with Gasteiger partial charge in [0.15, 0.2) is 6.10 Å². The number of carbonyl (C=O) groups is 1. The van der Waals surface area contributed by atoms with Crippen molar-refractivity contribution in [2.75, 3.05) is 0 Å². The molecule has 0 amide bonds. The summed E-state index contributed by atoms with van der Waals surface area (Å²) in [4.78, 5) is 24.8. The summed E-state index contributed by atoms with van der Waals surface area (Å²) in [6.45, 7) is 1.81. The lowest BCUT2D eigenvalue weighted by Crippen LogP contribution is -2.20. The normalized spacial score (nSPS) is 16.2. The third kappa shape index (κ3) is 2.01. The number of para-hydroxylation sites is 1. The predicted molar refractivity (Wildman–Crippen MR) is 84.8 cm³/mol. The van der Waals surface area contributed by atoms with Gasteiger partial charge in [0.05, 0.1) is 16.8 Å². The summed E-state index contributed by atoms with van der Waals surface area (Å²) >= 11 is 0. The van der Waals surface area contributed by atoms with Crippen molar-refractivity contribution in [1.82, 2.24) is 9.78 Å². The van der Waals surface area contributed by atoms with E-state index in [4.69, 9.17) is 4.74 Å². The number of cyclic esters (lactones) is 1. The summed E-state index contributed by atoms with van der Waals surface area (Å²) < 4.78 is 6.93. The first-order valence-corrected chi connectivity index (χ1v) is 7.33. The highest BCUT2D eigenvalue weighted by Gasteiger charge is 2.35. The highest BCUT2D eigenvalue weighted by Crippen LogP contribution is 2.35. The molecular formula is C18H14N2O3. The molecule has 0 saturated heterocycles. The number of fused-ring (bicyclic) bond motifs is 1. The van der Waals surface area contributed by atoms with E-state index in [2.05, 4.69) is 5.10 Å². The van der Waals surface area contributed by atoms with Crippen molar-refractivity contribution < 1.29 is 9.53 Å². The van der Waals surface area contributed by atoms with Crippen LogP contribution >= 0.6 is 0 Å². The van der Waals surface area contributed by atoms with Crippen LogP contribution < -0.4 is 5.56 Å². The van der Waals surface area contributed by atoms with E-state index in [1.807, 2.05) is 49.4 Å². The van der Waals surface area contributed by atoms with Gasteiger partial charge in [0.25, 0.3) is 5.56 Å². The molecule has 2 aromatic carbocycles. The Balaban J connectivity index is 1.88. The lowest BCUT2D eigenvalue weighted by atomic mass is 10.00. The van der Waals surface area contributed by atoms with E-state index >= 15 is 0 Å². The number of nitrogens with zero attached hydrogens (tertiary/aromatic N) is 1. The first kappa shape index (κ1) is 13.6. The Morgan fingerprint density at radius 3 is 2.48 bits per heavy atom. The number of H-pyrrole nitrogens is 1. The minimum absolute atomic E-state index is 0.205. The second-order valence-corrected chi connectivity index (χ2v) is 5.50. The van der Waals surface area contributed by atoms with Crippen LogP contribution in [0.25, 0.3) is 5.69 Å². The predicted octanol–water partition coefficient (Wildman–Crippen LogP) is 2.73. The summed E-state index contributed by atoms with van der Waals surface area (Å²) in [6.07, 6.45) is -0.660. The number of benzene rings is 2. The number of rotatable bonds is 2. The Morgan fingerprint density at radius 2 is 1.70 bits per heavy atom. The smallest absolute Gasteiger partial charge is 0.339 e. The SMILES string of the molecule is Cc1[nH]n(-c2ccccc2)c(=O)c1[C@H]1OC(=O)c2ccccc21. The van der Waals surface area contributed by atoms with Gasteiger partial charge in [-0.1, -0.05) is 36.4 Å². The van der Waals surface area contributed by atoms with Crippen molar-refractivity contribution in [2.45, 2.75) is 13.0 Å². The molecule has 1 aliphatic heterocycles. The Hall–Kier alpha value is -3.08. The zero-order chi connectivity index (χ0) is 16.0. The lowest BCUT2D eigenvalue weighted by molar-refractivity contribution is 0.0453. The van der Waals surface area contributed by atoms with Gasteiger partial charge < -0.3 is 4.74 Å². The minimum Gasteiger partial charge on any atom is -0.449 e. The Bertz CT molecular complexity index is 954.